The lowest BCUT2D eigenvalue weighted by atomic mass is 9.98. The van der Waals surface area contributed by atoms with Crippen molar-refractivity contribution in [1.82, 2.24) is 4.98 Å². The van der Waals surface area contributed by atoms with Crippen LogP contribution in [0.5, 0.6) is 0 Å². The standard InChI is InChI=1S/C20H18ClN3O3S/c21-16-8-7-15-19(22-16)20(26)24-28(15,27)10-17(25)23-18-13-5-1-3-11(13)9-12-4-2-6-14(12)18/h7-9H,1-6,10H2,(H,23,25). The Morgan fingerprint density at radius 1 is 1.11 bits per heavy atom. The van der Waals surface area contributed by atoms with Crippen LogP contribution in [0.4, 0.5) is 5.69 Å². The molecule has 8 heteroatoms. The van der Waals surface area contributed by atoms with Crippen LogP contribution in [0, 0.1) is 0 Å². The van der Waals surface area contributed by atoms with Gasteiger partial charge in [0.1, 0.15) is 16.6 Å². The monoisotopic (exact) mass is 415 g/mol. The molecule has 0 saturated carbocycles. The molecular weight excluding hydrogens is 398 g/mol. The molecule has 6 nitrogen and oxygen atoms in total. The minimum atomic E-state index is -3.18. The number of benzene rings is 1. The van der Waals surface area contributed by atoms with Gasteiger partial charge in [-0.2, -0.15) is 4.36 Å². The number of aromatic nitrogens is 1. The van der Waals surface area contributed by atoms with Crippen molar-refractivity contribution in [2.75, 3.05) is 11.1 Å². The maximum absolute atomic E-state index is 13.3. The normalized spacial score (nSPS) is 21.8. The van der Waals surface area contributed by atoms with E-state index in [0.717, 1.165) is 44.2 Å². The van der Waals surface area contributed by atoms with E-state index >= 15 is 0 Å². The van der Waals surface area contributed by atoms with Crippen LogP contribution in [-0.4, -0.2) is 26.8 Å². The van der Waals surface area contributed by atoms with E-state index in [2.05, 4.69) is 20.7 Å². The molecule has 2 amide bonds. The number of aryl methyl sites for hydroxylation is 2. The number of amides is 2. The lowest BCUT2D eigenvalue weighted by Gasteiger charge is -2.16. The average Bonchev–Trinajstić information content (AvgIpc) is 3.34. The molecule has 2 aromatic rings. The Morgan fingerprint density at radius 3 is 2.46 bits per heavy atom. The van der Waals surface area contributed by atoms with Crippen molar-refractivity contribution in [2.45, 2.75) is 43.4 Å². The number of nitrogens with one attached hydrogen (secondary N) is 1. The number of carbonyl (C=O) groups excluding carboxylic acids is 2. The number of pyridine rings is 1. The van der Waals surface area contributed by atoms with Crippen LogP contribution in [0.3, 0.4) is 0 Å². The third-order valence-corrected chi connectivity index (χ3v) is 8.01. The predicted octanol–water partition coefficient (Wildman–Crippen LogP) is 3.33. The van der Waals surface area contributed by atoms with Gasteiger partial charge in [-0.1, -0.05) is 17.7 Å². The molecule has 1 aliphatic heterocycles. The summed E-state index contributed by atoms with van der Waals surface area (Å²) in [6.45, 7) is 0. The fraction of sp³-hybridized carbons (Fsp3) is 0.350. The molecule has 2 aliphatic carbocycles. The number of halogens is 1. The maximum atomic E-state index is 13.3. The van der Waals surface area contributed by atoms with Crippen molar-refractivity contribution < 1.29 is 13.8 Å². The molecule has 0 saturated heterocycles. The van der Waals surface area contributed by atoms with Crippen LogP contribution in [-0.2, 0) is 40.2 Å². The van der Waals surface area contributed by atoms with Gasteiger partial charge in [0.25, 0.3) is 0 Å². The molecular formula is C20H18ClN3O3S. The Morgan fingerprint density at radius 2 is 1.79 bits per heavy atom. The zero-order valence-electron chi connectivity index (χ0n) is 15.1. The van der Waals surface area contributed by atoms with Gasteiger partial charge in [0.05, 0.1) is 14.6 Å². The summed E-state index contributed by atoms with van der Waals surface area (Å²) in [6, 6.07) is 5.23. The number of fused-ring (bicyclic) bond motifs is 3. The lowest BCUT2D eigenvalue weighted by molar-refractivity contribution is -0.113. The predicted molar refractivity (Wildman–Crippen MR) is 106 cm³/mol. The van der Waals surface area contributed by atoms with Gasteiger partial charge >= 0.3 is 5.91 Å². The highest BCUT2D eigenvalue weighted by Crippen LogP contribution is 2.38. The van der Waals surface area contributed by atoms with Crippen molar-refractivity contribution in [3.8, 4) is 0 Å². The highest BCUT2D eigenvalue weighted by molar-refractivity contribution is 7.95. The summed E-state index contributed by atoms with van der Waals surface area (Å²) >= 11 is 5.83. The van der Waals surface area contributed by atoms with E-state index in [9.17, 15) is 13.8 Å². The van der Waals surface area contributed by atoms with E-state index in [1.54, 1.807) is 0 Å². The second kappa shape index (κ2) is 6.39. The first-order valence-corrected chi connectivity index (χ1v) is 11.4. The lowest BCUT2D eigenvalue weighted by Crippen LogP contribution is -2.23. The van der Waals surface area contributed by atoms with Gasteiger partial charge in [0.15, 0.2) is 0 Å². The average molecular weight is 416 g/mol. The van der Waals surface area contributed by atoms with Crippen LogP contribution >= 0.6 is 11.6 Å². The number of hydrogen-bond acceptors (Lipinski definition) is 4. The Kier molecular flexibility index (Phi) is 4.07. The molecule has 0 bridgehead atoms. The Labute approximate surface area is 167 Å². The first-order chi connectivity index (χ1) is 13.4. The largest absolute Gasteiger partial charge is 0.325 e. The van der Waals surface area contributed by atoms with Crippen LogP contribution in [0.1, 0.15) is 45.6 Å². The first kappa shape index (κ1) is 17.8. The van der Waals surface area contributed by atoms with E-state index in [0.29, 0.717) is 0 Å². The van der Waals surface area contributed by atoms with Crippen LogP contribution in [0.25, 0.3) is 0 Å². The molecule has 0 radical (unpaired) electrons. The molecule has 144 valence electrons. The van der Waals surface area contributed by atoms with E-state index in [1.807, 2.05) is 0 Å². The Balaban J connectivity index is 1.47. The molecule has 28 heavy (non-hydrogen) atoms. The zero-order chi connectivity index (χ0) is 19.5. The topological polar surface area (TPSA) is 88.5 Å². The second-order valence-corrected chi connectivity index (χ2v) is 10.0. The number of carbonyl (C=O) groups is 2. The number of rotatable bonds is 3. The zero-order valence-corrected chi connectivity index (χ0v) is 16.7. The van der Waals surface area contributed by atoms with Crippen LogP contribution in [0.15, 0.2) is 27.5 Å². The quantitative estimate of drug-likeness (QED) is 0.778. The first-order valence-electron chi connectivity index (χ1n) is 9.37. The molecule has 2 heterocycles. The molecule has 3 aliphatic rings. The smallest absolute Gasteiger partial charge is 0.305 e. The Hall–Kier alpha value is -2.25. The molecule has 1 unspecified atom stereocenters. The highest BCUT2D eigenvalue weighted by atomic mass is 35.5. The molecule has 0 spiro atoms. The molecule has 1 N–H and O–H groups in total. The molecule has 5 rings (SSSR count). The fourth-order valence-electron chi connectivity index (χ4n) is 4.49. The van der Waals surface area contributed by atoms with Gasteiger partial charge in [0, 0.05) is 5.69 Å². The van der Waals surface area contributed by atoms with Crippen molar-refractivity contribution >= 4 is 38.8 Å². The molecule has 1 atom stereocenters. The maximum Gasteiger partial charge on any atom is 0.305 e. The van der Waals surface area contributed by atoms with E-state index in [4.69, 9.17) is 11.6 Å². The van der Waals surface area contributed by atoms with Gasteiger partial charge in [-0.15, -0.1) is 0 Å². The summed E-state index contributed by atoms with van der Waals surface area (Å²) in [5.74, 6) is -1.44. The second-order valence-electron chi connectivity index (χ2n) is 7.44. The summed E-state index contributed by atoms with van der Waals surface area (Å²) in [4.78, 5) is 29.1. The van der Waals surface area contributed by atoms with E-state index in [1.165, 1.54) is 34.4 Å². The van der Waals surface area contributed by atoms with Crippen molar-refractivity contribution in [1.29, 1.82) is 0 Å². The number of anilines is 1. The van der Waals surface area contributed by atoms with Gasteiger partial charge in [-0.25, -0.2) is 9.19 Å². The van der Waals surface area contributed by atoms with Crippen molar-refractivity contribution in [3.63, 3.8) is 0 Å². The minimum Gasteiger partial charge on any atom is -0.325 e. The summed E-state index contributed by atoms with van der Waals surface area (Å²) in [5.41, 5.74) is 5.91. The van der Waals surface area contributed by atoms with Gasteiger partial charge < -0.3 is 5.32 Å². The van der Waals surface area contributed by atoms with Crippen LogP contribution < -0.4 is 5.32 Å². The summed E-state index contributed by atoms with van der Waals surface area (Å²) in [7, 11) is -3.18. The third-order valence-electron chi connectivity index (χ3n) is 5.67. The minimum absolute atomic E-state index is 0.0215. The van der Waals surface area contributed by atoms with Crippen molar-refractivity contribution in [2.24, 2.45) is 4.36 Å². The Bertz CT molecular complexity index is 1150. The highest BCUT2D eigenvalue weighted by Gasteiger charge is 2.33. The van der Waals surface area contributed by atoms with E-state index in [-0.39, 0.29) is 21.5 Å². The fourth-order valence-corrected chi connectivity index (χ4v) is 6.45. The van der Waals surface area contributed by atoms with E-state index < -0.39 is 21.5 Å². The summed E-state index contributed by atoms with van der Waals surface area (Å²) < 4.78 is 17.0. The summed E-state index contributed by atoms with van der Waals surface area (Å²) in [6.07, 6.45) is 6.13. The number of nitrogens with zero attached hydrogens (tertiary/aromatic N) is 2. The molecule has 0 fully saturated rings. The van der Waals surface area contributed by atoms with Gasteiger partial charge in [0.2, 0.25) is 5.91 Å². The van der Waals surface area contributed by atoms with Crippen molar-refractivity contribution in [3.05, 3.63) is 51.3 Å². The number of hydrogen-bond donors (Lipinski definition) is 1. The van der Waals surface area contributed by atoms with Crippen LogP contribution in [0.2, 0.25) is 5.15 Å². The van der Waals surface area contributed by atoms with Gasteiger partial charge in [-0.05, 0) is 72.9 Å². The molecule has 1 aromatic heterocycles. The SMILES string of the molecule is O=C(CS1(=O)=NC(=O)c2nc(Cl)ccc21)Nc1c2c(cc3c1CCC3)CCC2. The third kappa shape index (κ3) is 2.76. The molecule has 1 aromatic carbocycles. The van der Waals surface area contributed by atoms with Gasteiger partial charge in [-0.3, -0.25) is 9.59 Å². The summed E-state index contributed by atoms with van der Waals surface area (Å²) in [5, 5.41) is 3.15.